The summed E-state index contributed by atoms with van der Waals surface area (Å²) in [5.41, 5.74) is 5.09. The summed E-state index contributed by atoms with van der Waals surface area (Å²) in [5, 5.41) is 10.7. The number of amides is 1. The number of alkyl halides is 3. The molecule has 9 heteroatoms. The molecule has 5 nitrogen and oxygen atoms in total. The maximum Gasteiger partial charge on any atom is 0.396 e. The van der Waals surface area contributed by atoms with Gasteiger partial charge in [-0.3, -0.25) is 10.2 Å². The Morgan fingerprint density at radius 2 is 1.82 bits per heavy atom. The highest BCUT2D eigenvalue weighted by molar-refractivity contribution is 6.20. The quantitative estimate of drug-likeness (QED) is 0.240. The van der Waals surface area contributed by atoms with Crippen LogP contribution in [0.4, 0.5) is 23.2 Å². The van der Waals surface area contributed by atoms with E-state index < -0.39 is 30.2 Å². The van der Waals surface area contributed by atoms with Crippen LogP contribution in [0.3, 0.4) is 0 Å². The Labute approximate surface area is 199 Å². The molecule has 1 fully saturated rings. The number of nitrogens with zero attached hydrogens (tertiary/aromatic N) is 1. The zero-order valence-electron chi connectivity index (χ0n) is 20.7. The Balaban J connectivity index is 0.00000164. The van der Waals surface area contributed by atoms with E-state index in [-0.39, 0.29) is 33.9 Å². The summed E-state index contributed by atoms with van der Waals surface area (Å²) in [6, 6.07) is 3.29. The largest absolute Gasteiger partial charge is 0.398 e. The summed E-state index contributed by atoms with van der Waals surface area (Å²) in [4.78, 5) is 15.8. The molecule has 1 aliphatic heterocycles. The van der Waals surface area contributed by atoms with Crippen LogP contribution in [0.1, 0.15) is 72.8 Å². The normalized spacial score (nSPS) is 18.5. The zero-order chi connectivity index (χ0) is 26.5. The first-order valence-corrected chi connectivity index (χ1v) is 11.4. The van der Waals surface area contributed by atoms with E-state index in [2.05, 4.69) is 24.2 Å². The van der Waals surface area contributed by atoms with Crippen LogP contribution in [0.5, 0.6) is 0 Å². The lowest BCUT2D eigenvalue weighted by molar-refractivity contribution is -0.169. The molecule has 0 aromatic heterocycles. The molecule has 0 bridgehead atoms. The van der Waals surface area contributed by atoms with Crippen LogP contribution in [-0.2, 0) is 4.79 Å². The van der Waals surface area contributed by atoms with Gasteiger partial charge in [-0.25, -0.2) is 9.38 Å². The van der Waals surface area contributed by atoms with Crippen molar-refractivity contribution < 1.29 is 22.4 Å². The summed E-state index contributed by atoms with van der Waals surface area (Å²) in [5.74, 6) is -3.80. The van der Waals surface area contributed by atoms with Crippen molar-refractivity contribution in [2.45, 2.75) is 73.4 Å². The standard InChI is InChI=1S/C19H20F4N4O.C4H10.C2H6/c1-3-4-7-26-18-16(13(19(21,22)23)9-15(28)27-18)10(2)17(25)12-6-5-11(20)8-14(12)24;1-3-4-2;1-2/h4-8,13,25H,3,9,24H2,1-2H3,(H,26,27,28);3-4H2,1-2H3;1-2H3/b7-4+,16-10+,25-17?;;. The van der Waals surface area contributed by atoms with Gasteiger partial charge in [0.2, 0.25) is 5.91 Å². The lowest BCUT2D eigenvalue weighted by Crippen LogP contribution is -2.46. The van der Waals surface area contributed by atoms with Crippen molar-refractivity contribution in [1.82, 2.24) is 5.32 Å². The molecule has 190 valence electrons. The Hall–Kier alpha value is -2.97. The lowest BCUT2D eigenvalue weighted by Gasteiger charge is -2.30. The molecule has 34 heavy (non-hydrogen) atoms. The fourth-order valence-electron chi connectivity index (χ4n) is 2.85. The predicted octanol–water partition coefficient (Wildman–Crippen LogP) is 6.95. The van der Waals surface area contributed by atoms with Gasteiger partial charge in [-0.15, -0.1) is 0 Å². The van der Waals surface area contributed by atoms with E-state index in [1.165, 1.54) is 32.0 Å². The number of nitrogens with one attached hydrogen (secondary N) is 2. The van der Waals surface area contributed by atoms with Gasteiger partial charge in [0.25, 0.3) is 0 Å². The highest BCUT2D eigenvalue weighted by Crippen LogP contribution is 2.39. The van der Waals surface area contributed by atoms with E-state index >= 15 is 0 Å². The topological polar surface area (TPSA) is 91.3 Å². The van der Waals surface area contributed by atoms with Crippen molar-refractivity contribution in [3.8, 4) is 0 Å². The number of allylic oxidation sites excluding steroid dienone is 2. The van der Waals surface area contributed by atoms with Gasteiger partial charge in [-0.05, 0) is 37.1 Å². The smallest absolute Gasteiger partial charge is 0.396 e. The molecule has 0 aliphatic carbocycles. The summed E-state index contributed by atoms with van der Waals surface area (Å²) in [7, 11) is 0. The molecule has 0 saturated carbocycles. The minimum atomic E-state index is -4.71. The first-order chi connectivity index (χ1) is 16.0. The van der Waals surface area contributed by atoms with Crippen LogP contribution in [0.15, 0.2) is 46.6 Å². The molecule has 1 unspecified atom stereocenters. The third kappa shape index (κ3) is 9.11. The maximum atomic E-state index is 13.7. The van der Waals surface area contributed by atoms with E-state index in [9.17, 15) is 22.4 Å². The average molecular weight is 485 g/mol. The number of piperidine rings is 1. The second-order valence-corrected chi connectivity index (χ2v) is 7.26. The molecule has 1 heterocycles. The van der Waals surface area contributed by atoms with Gasteiger partial charge in [-0.2, -0.15) is 13.2 Å². The first-order valence-electron chi connectivity index (χ1n) is 11.4. The van der Waals surface area contributed by atoms with Crippen molar-refractivity contribution in [1.29, 1.82) is 5.41 Å². The molecule has 1 saturated heterocycles. The summed E-state index contributed by atoms with van der Waals surface area (Å²) < 4.78 is 54.2. The average Bonchev–Trinajstić information content (AvgIpc) is 2.79. The molecular formula is C25H36F4N4O. The summed E-state index contributed by atoms with van der Waals surface area (Å²) in [6.45, 7) is 11.5. The summed E-state index contributed by atoms with van der Waals surface area (Å²) >= 11 is 0. The van der Waals surface area contributed by atoms with Gasteiger partial charge in [-0.1, -0.05) is 53.5 Å². The van der Waals surface area contributed by atoms with Crippen molar-refractivity contribution in [2.24, 2.45) is 10.9 Å². The third-order valence-electron chi connectivity index (χ3n) is 4.75. The van der Waals surface area contributed by atoms with Gasteiger partial charge in [0.15, 0.2) is 0 Å². The van der Waals surface area contributed by atoms with Crippen molar-refractivity contribution in [2.75, 3.05) is 5.73 Å². The molecule has 4 N–H and O–H groups in total. The number of benzene rings is 1. The number of anilines is 1. The van der Waals surface area contributed by atoms with Crippen LogP contribution < -0.4 is 11.1 Å². The molecule has 1 atom stereocenters. The Morgan fingerprint density at radius 1 is 1.24 bits per heavy atom. The number of aliphatic imine (C=N–C) groups is 1. The Bertz CT molecular complexity index is 916. The fourth-order valence-corrected chi connectivity index (χ4v) is 2.85. The number of nitrogens with two attached hydrogens (primary N) is 1. The number of rotatable bonds is 5. The highest BCUT2D eigenvalue weighted by atomic mass is 19.4. The van der Waals surface area contributed by atoms with Gasteiger partial charge in [0, 0.05) is 29.4 Å². The van der Waals surface area contributed by atoms with Crippen LogP contribution in [0, 0.1) is 17.1 Å². The second-order valence-electron chi connectivity index (χ2n) is 7.26. The lowest BCUT2D eigenvalue weighted by atomic mass is 9.84. The van der Waals surface area contributed by atoms with E-state index in [1.807, 2.05) is 20.8 Å². The molecule has 1 aromatic rings. The molecular weight excluding hydrogens is 448 g/mol. The monoisotopic (exact) mass is 484 g/mol. The van der Waals surface area contributed by atoms with Crippen LogP contribution >= 0.6 is 0 Å². The van der Waals surface area contributed by atoms with Crippen LogP contribution in [0.2, 0.25) is 0 Å². The van der Waals surface area contributed by atoms with Crippen molar-refractivity contribution in [3.63, 3.8) is 0 Å². The third-order valence-corrected chi connectivity index (χ3v) is 4.75. The number of hydrogen-bond acceptors (Lipinski definition) is 4. The number of carbonyl (C=O) groups is 1. The maximum absolute atomic E-state index is 13.7. The van der Waals surface area contributed by atoms with Gasteiger partial charge in [0.05, 0.1) is 11.6 Å². The van der Waals surface area contributed by atoms with Gasteiger partial charge in [0.1, 0.15) is 11.7 Å². The van der Waals surface area contributed by atoms with Crippen molar-refractivity contribution >= 4 is 23.1 Å². The highest BCUT2D eigenvalue weighted by Gasteiger charge is 2.48. The fraction of sp³-hybridized carbons (Fsp3) is 0.480. The Kier molecular flexibility index (Phi) is 13.7. The number of amidine groups is 1. The predicted molar refractivity (Wildman–Crippen MR) is 131 cm³/mol. The molecule has 0 radical (unpaired) electrons. The zero-order valence-corrected chi connectivity index (χ0v) is 20.7. The van der Waals surface area contributed by atoms with Gasteiger partial charge >= 0.3 is 6.18 Å². The number of nitrogen functional groups attached to an aromatic ring is 1. The molecule has 0 spiro atoms. The minimum Gasteiger partial charge on any atom is -0.398 e. The van der Waals surface area contributed by atoms with E-state index in [0.717, 1.165) is 12.1 Å². The SMILES string of the molecule is CC.CC/C=C/N=C1\NC(=O)CC(C(F)(F)F)\C1=C(\C)C(=N)c1ccc(F)cc1N.CCCC. The van der Waals surface area contributed by atoms with E-state index in [4.69, 9.17) is 11.1 Å². The molecule has 2 rings (SSSR count). The first kappa shape index (κ1) is 31.0. The number of unbranched alkanes of at least 4 members (excludes halogenated alkanes) is 1. The van der Waals surface area contributed by atoms with Crippen LogP contribution in [0.25, 0.3) is 0 Å². The van der Waals surface area contributed by atoms with Crippen molar-refractivity contribution in [3.05, 3.63) is 53.0 Å². The molecule has 1 aromatic carbocycles. The Morgan fingerprint density at radius 3 is 2.29 bits per heavy atom. The van der Waals surface area contributed by atoms with Gasteiger partial charge < -0.3 is 11.1 Å². The minimum absolute atomic E-state index is 0.0516. The van der Waals surface area contributed by atoms with E-state index in [1.54, 1.807) is 6.08 Å². The second kappa shape index (κ2) is 15.0. The molecule has 1 aliphatic rings. The van der Waals surface area contributed by atoms with E-state index in [0.29, 0.717) is 6.42 Å². The number of halogens is 4. The summed E-state index contributed by atoms with van der Waals surface area (Å²) in [6.07, 6.45) is 0.647. The number of hydrogen-bond donors (Lipinski definition) is 3. The van der Waals surface area contributed by atoms with Crippen LogP contribution in [-0.4, -0.2) is 23.6 Å². The number of carbonyl (C=O) groups excluding carboxylic acids is 1. The molecule has 1 amide bonds.